The minimum atomic E-state index is -0.0512. The van der Waals surface area contributed by atoms with Gasteiger partial charge in [-0.1, -0.05) is 32.0 Å². The molecule has 0 aliphatic heterocycles. The van der Waals surface area contributed by atoms with E-state index in [9.17, 15) is 4.79 Å². The molecule has 0 atom stereocenters. The normalized spacial score (nSPS) is 13.7. The molecule has 4 rings (SSSR count). The van der Waals surface area contributed by atoms with Gasteiger partial charge in [-0.15, -0.1) is 11.3 Å². The molecule has 1 aromatic carbocycles. The van der Waals surface area contributed by atoms with E-state index in [0.29, 0.717) is 5.88 Å². The van der Waals surface area contributed by atoms with Gasteiger partial charge in [0.15, 0.2) is 0 Å². The quantitative estimate of drug-likeness (QED) is 0.489. The Balaban J connectivity index is 0.000000204. The smallest absolute Gasteiger partial charge is 0.308 e. The number of thiophene rings is 1. The number of ether oxygens (including phenoxy) is 2. The maximum Gasteiger partial charge on any atom is 0.308 e. The van der Waals surface area contributed by atoms with Gasteiger partial charge in [0.25, 0.3) is 0 Å². The van der Waals surface area contributed by atoms with Crippen LogP contribution in [0, 0.1) is 5.92 Å². The van der Waals surface area contributed by atoms with Gasteiger partial charge in [0, 0.05) is 0 Å². The first kappa shape index (κ1) is 21.2. The fourth-order valence-corrected chi connectivity index (χ4v) is 3.36. The summed E-state index contributed by atoms with van der Waals surface area (Å²) < 4.78 is 10.9. The molecule has 5 nitrogen and oxygen atoms in total. The number of nitrogens with zero attached hydrogens (tertiary/aromatic N) is 2. The molecule has 3 aromatic rings. The number of esters is 1. The molecule has 0 amide bonds. The summed E-state index contributed by atoms with van der Waals surface area (Å²) in [5, 5.41) is 2.03. The van der Waals surface area contributed by atoms with Crippen LogP contribution in [0.25, 0.3) is 21.6 Å². The second-order valence-electron chi connectivity index (χ2n) is 7.65. The zero-order chi connectivity index (χ0) is 20.8. The lowest BCUT2D eigenvalue weighted by Gasteiger charge is -2.25. The molecule has 154 valence electrons. The van der Waals surface area contributed by atoms with Crippen LogP contribution in [-0.2, 0) is 9.53 Å². The number of carbonyl (C=O) groups is 1. The van der Waals surface area contributed by atoms with Crippen LogP contribution in [0.3, 0.4) is 0 Å². The SMILES string of the molecule is CC(C)C(=O)OC1CCC1.CC(C)Oc1nc2ccccc2nc1-c1cccs1. The highest BCUT2D eigenvalue weighted by atomic mass is 32.1. The average Bonchev–Trinajstić information content (AvgIpc) is 3.18. The topological polar surface area (TPSA) is 61.3 Å². The van der Waals surface area contributed by atoms with Crippen LogP contribution in [0.2, 0.25) is 0 Å². The highest BCUT2D eigenvalue weighted by molar-refractivity contribution is 7.13. The predicted octanol–water partition coefficient (Wildman–Crippen LogP) is 5.88. The summed E-state index contributed by atoms with van der Waals surface area (Å²) in [6.07, 6.45) is 3.68. The van der Waals surface area contributed by atoms with E-state index >= 15 is 0 Å². The molecule has 0 N–H and O–H groups in total. The summed E-state index contributed by atoms with van der Waals surface area (Å²) in [6, 6.07) is 11.9. The molecule has 1 aliphatic carbocycles. The Hall–Kier alpha value is -2.47. The van der Waals surface area contributed by atoms with E-state index in [1.54, 1.807) is 11.3 Å². The molecule has 6 heteroatoms. The zero-order valence-corrected chi connectivity index (χ0v) is 18.2. The van der Waals surface area contributed by atoms with Gasteiger partial charge in [-0.05, 0) is 56.7 Å². The van der Waals surface area contributed by atoms with Crippen molar-refractivity contribution in [2.24, 2.45) is 5.92 Å². The summed E-state index contributed by atoms with van der Waals surface area (Å²) in [6.45, 7) is 7.71. The van der Waals surface area contributed by atoms with Gasteiger partial charge in [-0.25, -0.2) is 9.97 Å². The fourth-order valence-electron chi connectivity index (χ4n) is 2.65. The van der Waals surface area contributed by atoms with E-state index in [1.807, 2.05) is 69.5 Å². The molecule has 0 unspecified atom stereocenters. The van der Waals surface area contributed by atoms with E-state index in [1.165, 1.54) is 6.42 Å². The summed E-state index contributed by atoms with van der Waals surface area (Å²) in [5.74, 6) is 0.585. The van der Waals surface area contributed by atoms with Crippen molar-refractivity contribution < 1.29 is 14.3 Å². The van der Waals surface area contributed by atoms with Crippen molar-refractivity contribution in [3.63, 3.8) is 0 Å². The van der Waals surface area contributed by atoms with Gasteiger partial charge in [-0.2, -0.15) is 0 Å². The first-order valence-electron chi connectivity index (χ1n) is 10.1. The van der Waals surface area contributed by atoms with Gasteiger partial charge in [0.1, 0.15) is 11.8 Å². The van der Waals surface area contributed by atoms with E-state index in [-0.39, 0.29) is 24.1 Å². The zero-order valence-electron chi connectivity index (χ0n) is 17.4. The molecule has 0 radical (unpaired) electrons. The van der Waals surface area contributed by atoms with E-state index < -0.39 is 0 Å². The van der Waals surface area contributed by atoms with Gasteiger partial charge in [0.2, 0.25) is 5.88 Å². The van der Waals surface area contributed by atoms with Crippen LogP contribution >= 0.6 is 11.3 Å². The number of para-hydroxylation sites is 2. The first-order valence-corrected chi connectivity index (χ1v) is 11.0. The van der Waals surface area contributed by atoms with Crippen LogP contribution < -0.4 is 4.74 Å². The van der Waals surface area contributed by atoms with Crippen LogP contribution in [0.5, 0.6) is 5.88 Å². The van der Waals surface area contributed by atoms with E-state index in [2.05, 4.69) is 4.98 Å². The molecule has 2 aromatic heterocycles. The Bertz CT molecular complexity index is 934. The lowest BCUT2D eigenvalue weighted by atomic mass is 9.96. The van der Waals surface area contributed by atoms with Crippen LogP contribution in [0.4, 0.5) is 0 Å². The van der Waals surface area contributed by atoms with Crippen LogP contribution in [-0.4, -0.2) is 28.1 Å². The van der Waals surface area contributed by atoms with E-state index in [4.69, 9.17) is 14.5 Å². The maximum atomic E-state index is 10.9. The van der Waals surface area contributed by atoms with Crippen LogP contribution in [0.1, 0.15) is 47.0 Å². The Morgan fingerprint density at radius 1 is 1.03 bits per heavy atom. The van der Waals surface area contributed by atoms with Gasteiger partial charge < -0.3 is 9.47 Å². The maximum absolute atomic E-state index is 10.9. The van der Waals surface area contributed by atoms with Crippen molar-refractivity contribution in [2.75, 3.05) is 0 Å². The van der Waals surface area contributed by atoms with Crippen molar-refractivity contribution in [3.8, 4) is 16.5 Å². The standard InChI is InChI=1S/C15H14N2OS.C8H14O2/c1-10(2)18-15-14(13-8-5-9-19-13)16-11-6-3-4-7-12(11)17-15;1-6(2)8(9)10-7-4-3-5-7/h3-10H,1-2H3;6-7H,3-5H2,1-2H3. The Morgan fingerprint density at radius 2 is 1.72 bits per heavy atom. The van der Waals surface area contributed by atoms with Crippen molar-refractivity contribution in [3.05, 3.63) is 41.8 Å². The van der Waals surface area contributed by atoms with Gasteiger partial charge in [-0.3, -0.25) is 4.79 Å². The predicted molar refractivity (Wildman–Crippen MR) is 117 cm³/mol. The van der Waals surface area contributed by atoms with Gasteiger partial charge >= 0.3 is 5.97 Å². The number of benzene rings is 1. The molecular weight excluding hydrogens is 384 g/mol. The number of carbonyl (C=O) groups excluding carboxylic acids is 1. The molecule has 0 saturated heterocycles. The Morgan fingerprint density at radius 3 is 2.24 bits per heavy atom. The van der Waals surface area contributed by atoms with Crippen molar-refractivity contribution >= 4 is 28.3 Å². The summed E-state index contributed by atoms with van der Waals surface area (Å²) in [4.78, 5) is 21.3. The lowest BCUT2D eigenvalue weighted by Crippen LogP contribution is -2.27. The summed E-state index contributed by atoms with van der Waals surface area (Å²) in [5.41, 5.74) is 2.57. The third-order valence-corrected chi connectivity index (χ3v) is 5.32. The minimum Gasteiger partial charge on any atom is -0.473 e. The molecule has 1 saturated carbocycles. The number of fused-ring (bicyclic) bond motifs is 1. The highest BCUT2D eigenvalue weighted by Gasteiger charge is 2.22. The van der Waals surface area contributed by atoms with Crippen molar-refractivity contribution in [1.82, 2.24) is 9.97 Å². The highest BCUT2D eigenvalue weighted by Crippen LogP contribution is 2.32. The second-order valence-corrected chi connectivity index (χ2v) is 8.60. The third kappa shape index (κ3) is 5.76. The second kappa shape index (κ2) is 9.83. The average molecular weight is 413 g/mol. The molecule has 29 heavy (non-hydrogen) atoms. The summed E-state index contributed by atoms with van der Waals surface area (Å²) >= 11 is 1.64. The van der Waals surface area contributed by atoms with Crippen molar-refractivity contribution in [2.45, 2.75) is 59.2 Å². The van der Waals surface area contributed by atoms with Gasteiger partial charge in [0.05, 0.1) is 27.9 Å². The van der Waals surface area contributed by atoms with E-state index in [0.717, 1.165) is 34.4 Å². The summed E-state index contributed by atoms with van der Waals surface area (Å²) in [7, 11) is 0. The minimum absolute atomic E-state index is 0.0283. The number of hydrogen-bond acceptors (Lipinski definition) is 6. The third-order valence-electron chi connectivity index (χ3n) is 4.45. The van der Waals surface area contributed by atoms with Crippen molar-refractivity contribution in [1.29, 1.82) is 0 Å². The van der Waals surface area contributed by atoms with Crippen LogP contribution in [0.15, 0.2) is 41.8 Å². The Labute approximate surface area is 176 Å². The molecule has 1 aliphatic rings. The number of rotatable bonds is 5. The number of hydrogen-bond donors (Lipinski definition) is 0. The largest absolute Gasteiger partial charge is 0.473 e. The Kier molecular flexibility index (Phi) is 7.20. The molecule has 0 bridgehead atoms. The number of aromatic nitrogens is 2. The lowest BCUT2D eigenvalue weighted by molar-refractivity contribution is -0.156. The molecule has 0 spiro atoms. The first-order chi connectivity index (χ1) is 13.9. The monoisotopic (exact) mass is 412 g/mol. The molecular formula is C23H28N2O3S. The fraction of sp³-hybridized carbons (Fsp3) is 0.435. The molecule has 2 heterocycles. The molecule has 1 fully saturated rings.